The number of aromatic nitrogens is 2. The molecule has 1 aliphatic rings. The molecule has 1 aliphatic carbocycles. The first-order chi connectivity index (χ1) is 12.4. The van der Waals surface area contributed by atoms with Gasteiger partial charge in [-0.3, -0.25) is 9.67 Å². The predicted octanol–water partition coefficient (Wildman–Crippen LogP) is 3.03. The lowest BCUT2D eigenvalue weighted by molar-refractivity contribution is 0.104. The first kappa shape index (κ1) is 20.7. The van der Waals surface area contributed by atoms with Crippen LogP contribution in [-0.2, 0) is 17.8 Å². The van der Waals surface area contributed by atoms with E-state index in [4.69, 9.17) is 4.74 Å². The average molecular weight is 364 g/mol. The van der Waals surface area contributed by atoms with Crippen molar-refractivity contribution < 1.29 is 4.74 Å². The van der Waals surface area contributed by atoms with Crippen LogP contribution < -0.4 is 10.6 Å². The Bertz CT molecular complexity index is 602. The second kappa shape index (κ2) is 9.40. The summed E-state index contributed by atoms with van der Waals surface area (Å²) in [4.78, 5) is 4.41. The number of nitrogens with zero attached hydrogens (tertiary/aromatic N) is 3. The number of aliphatic imine (C=N–C) groups is 1. The van der Waals surface area contributed by atoms with Crippen molar-refractivity contribution in [2.24, 2.45) is 16.3 Å². The molecule has 26 heavy (non-hydrogen) atoms. The van der Waals surface area contributed by atoms with E-state index in [-0.39, 0.29) is 0 Å². The SMILES string of the molecule is CN=C(NCc1c(C)nn(CCOC)c1C)NCC1(CC(C)C)CCC1. The van der Waals surface area contributed by atoms with Crippen molar-refractivity contribution in [3.63, 3.8) is 0 Å². The molecular weight excluding hydrogens is 326 g/mol. The van der Waals surface area contributed by atoms with Crippen molar-refractivity contribution in [3.05, 3.63) is 17.0 Å². The average Bonchev–Trinajstić information content (AvgIpc) is 2.84. The summed E-state index contributed by atoms with van der Waals surface area (Å²) in [5.41, 5.74) is 3.96. The molecule has 0 radical (unpaired) electrons. The highest BCUT2D eigenvalue weighted by Gasteiger charge is 2.37. The van der Waals surface area contributed by atoms with E-state index in [0.717, 1.165) is 37.2 Å². The minimum Gasteiger partial charge on any atom is -0.383 e. The number of nitrogens with one attached hydrogen (secondary N) is 2. The Kier molecular flexibility index (Phi) is 7.50. The number of aryl methyl sites for hydroxylation is 1. The molecule has 2 N–H and O–H groups in total. The molecule has 6 heteroatoms. The Balaban J connectivity index is 1.90. The zero-order chi connectivity index (χ0) is 19.2. The van der Waals surface area contributed by atoms with E-state index in [9.17, 15) is 0 Å². The van der Waals surface area contributed by atoms with E-state index in [1.807, 2.05) is 11.7 Å². The standard InChI is InChI=1S/C20H37N5O/c1-15(2)12-20(8-7-9-20)14-23-19(21-5)22-13-18-16(3)24-25(17(18)4)10-11-26-6/h15H,7-14H2,1-6H3,(H2,21,22,23). The third kappa shape index (κ3) is 5.22. The molecule has 2 rings (SSSR count). The van der Waals surface area contributed by atoms with Gasteiger partial charge < -0.3 is 15.4 Å². The van der Waals surface area contributed by atoms with Gasteiger partial charge in [0.15, 0.2) is 5.96 Å². The predicted molar refractivity (Wildman–Crippen MR) is 108 cm³/mol. The molecule has 0 atom stereocenters. The summed E-state index contributed by atoms with van der Waals surface area (Å²) in [7, 11) is 3.56. The Labute approximate surface area is 158 Å². The zero-order valence-electron chi connectivity index (χ0n) is 17.5. The van der Waals surface area contributed by atoms with Gasteiger partial charge in [0.2, 0.25) is 0 Å². The highest BCUT2D eigenvalue weighted by molar-refractivity contribution is 5.79. The molecule has 0 bridgehead atoms. The van der Waals surface area contributed by atoms with Crippen LogP contribution >= 0.6 is 0 Å². The van der Waals surface area contributed by atoms with E-state index < -0.39 is 0 Å². The summed E-state index contributed by atoms with van der Waals surface area (Å²) in [5.74, 6) is 1.62. The van der Waals surface area contributed by atoms with Crippen LogP contribution in [0.5, 0.6) is 0 Å². The molecule has 148 valence electrons. The normalized spacial score (nSPS) is 16.7. The summed E-state index contributed by atoms with van der Waals surface area (Å²) < 4.78 is 7.19. The quantitative estimate of drug-likeness (QED) is 0.523. The molecule has 0 amide bonds. The molecule has 1 heterocycles. The third-order valence-electron chi connectivity index (χ3n) is 5.58. The molecule has 1 aromatic rings. The molecule has 1 aromatic heterocycles. The molecule has 0 spiro atoms. The topological polar surface area (TPSA) is 63.5 Å². The molecule has 6 nitrogen and oxygen atoms in total. The van der Waals surface area contributed by atoms with E-state index in [2.05, 4.69) is 48.4 Å². The zero-order valence-corrected chi connectivity index (χ0v) is 17.5. The fourth-order valence-electron chi connectivity index (χ4n) is 4.05. The van der Waals surface area contributed by atoms with Gasteiger partial charge in [-0.2, -0.15) is 5.10 Å². The number of ether oxygens (including phenoxy) is 1. The maximum atomic E-state index is 5.17. The second-order valence-electron chi connectivity index (χ2n) is 8.10. The van der Waals surface area contributed by atoms with Crippen molar-refractivity contribution in [1.29, 1.82) is 0 Å². The van der Waals surface area contributed by atoms with Crippen molar-refractivity contribution in [2.45, 2.75) is 66.5 Å². The summed E-state index contributed by atoms with van der Waals surface area (Å²) >= 11 is 0. The van der Waals surface area contributed by atoms with Crippen molar-refractivity contribution in [2.75, 3.05) is 27.3 Å². The van der Waals surface area contributed by atoms with E-state index in [1.54, 1.807) is 7.11 Å². The lowest BCUT2D eigenvalue weighted by Gasteiger charge is -2.43. The Morgan fingerprint density at radius 1 is 1.31 bits per heavy atom. The molecule has 0 saturated heterocycles. The van der Waals surface area contributed by atoms with Crippen LogP contribution in [0.25, 0.3) is 0 Å². The third-order valence-corrected chi connectivity index (χ3v) is 5.58. The van der Waals surface area contributed by atoms with Crippen LogP contribution in [0.1, 0.15) is 56.5 Å². The summed E-state index contributed by atoms with van der Waals surface area (Å²) in [6.07, 6.45) is 5.32. The van der Waals surface area contributed by atoms with Crippen LogP contribution in [0.3, 0.4) is 0 Å². The van der Waals surface area contributed by atoms with Crippen molar-refractivity contribution in [1.82, 2.24) is 20.4 Å². The minimum absolute atomic E-state index is 0.461. The van der Waals surface area contributed by atoms with Gasteiger partial charge in [-0.25, -0.2) is 0 Å². The van der Waals surface area contributed by atoms with Gasteiger partial charge in [0.1, 0.15) is 0 Å². The number of rotatable bonds is 9. The van der Waals surface area contributed by atoms with Crippen molar-refractivity contribution >= 4 is 5.96 Å². The lowest BCUT2D eigenvalue weighted by Crippen LogP contribution is -2.46. The summed E-state index contributed by atoms with van der Waals surface area (Å²) in [5, 5.41) is 11.7. The van der Waals surface area contributed by atoms with Gasteiger partial charge in [-0.05, 0) is 44.4 Å². The van der Waals surface area contributed by atoms with Gasteiger partial charge in [-0.1, -0.05) is 20.3 Å². The Morgan fingerprint density at radius 3 is 2.58 bits per heavy atom. The van der Waals surface area contributed by atoms with Gasteiger partial charge in [-0.15, -0.1) is 0 Å². The fourth-order valence-corrected chi connectivity index (χ4v) is 4.05. The molecule has 0 aliphatic heterocycles. The lowest BCUT2D eigenvalue weighted by atomic mass is 9.64. The van der Waals surface area contributed by atoms with E-state index in [1.165, 1.54) is 36.9 Å². The molecule has 0 unspecified atom stereocenters. The highest BCUT2D eigenvalue weighted by atomic mass is 16.5. The Morgan fingerprint density at radius 2 is 2.04 bits per heavy atom. The number of methoxy groups -OCH3 is 1. The van der Waals surface area contributed by atoms with Crippen molar-refractivity contribution in [3.8, 4) is 0 Å². The van der Waals surface area contributed by atoms with E-state index >= 15 is 0 Å². The van der Waals surface area contributed by atoms with Gasteiger partial charge in [0.25, 0.3) is 0 Å². The Hall–Kier alpha value is -1.56. The second-order valence-corrected chi connectivity index (χ2v) is 8.10. The molecular formula is C20H37N5O. The van der Waals surface area contributed by atoms with Crippen LogP contribution in [0.4, 0.5) is 0 Å². The summed E-state index contributed by atoms with van der Waals surface area (Å²) in [6.45, 7) is 12.0. The van der Waals surface area contributed by atoms with Crippen LogP contribution in [0, 0.1) is 25.2 Å². The first-order valence-corrected chi connectivity index (χ1v) is 9.87. The maximum Gasteiger partial charge on any atom is 0.191 e. The van der Waals surface area contributed by atoms with Gasteiger partial charge in [0, 0.05) is 38.5 Å². The highest BCUT2D eigenvalue weighted by Crippen LogP contribution is 2.45. The van der Waals surface area contributed by atoms with Crippen LogP contribution in [0.15, 0.2) is 4.99 Å². The maximum absolute atomic E-state index is 5.17. The van der Waals surface area contributed by atoms with Crippen LogP contribution in [-0.4, -0.2) is 43.0 Å². The monoisotopic (exact) mass is 363 g/mol. The fraction of sp³-hybridized carbons (Fsp3) is 0.800. The van der Waals surface area contributed by atoms with Crippen LogP contribution in [0.2, 0.25) is 0 Å². The minimum atomic E-state index is 0.461. The molecule has 1 saturated carbocycles. The number of hydrogen-bond acceptors (Lipinski definition) is 3. The smallest absolute Gasteiger partial charge is 0.191 e. The van der Waals surface area contributed by atoms with Gasteiger partial charge >= 0.3 is 0 Å². The summed E-state index contributed by atoms with van der Waals surface area (Å²) in [6, 6.07) is 0. The largest absolute Gasteiger partial charge is 0.383 e. The van der Waals surface area contributed by atoms with E-state index in [0.29, 0.717) is 12.0 Å². The molecule has 1 fully saturated rings. The van der Waals surface area contributed by atoms with Gasteiger partial charge in [0.05, 0.1) is 18.8 Å². The first-order valence-electron chi connectivity index (χ1n) is 9.87. The number of guanidine groups is 1. The number of hydrogen-bond donors (Lipinski definition) is 2. The molecule has 0 aromatic carbocycles.